The van der Waals surface area contributed by atoms with Crippen LogP contribution < -0.4 is 9.62 Å². The molecule has 0 aliphatic rings. The fourth-order valence-corrected chi connectivity index (χ4v) is 3.19. The fraction of sp³-hybridized carbons (Fsp3) is 0.158. The number of hydrogen-bond acceptors (Lipinski definition) is 5. The van der Waals surface area contributed by atoms with Crippen LogP contribution >= 0.6 is 0 Å². The molecule has 0 atom stereocenters. The van der Waals surface area contributed by atoms with E-state index in [1.165, 1.54) is 35.2 Å². The number of rotatable bonds is 8. The Morgan fingerprint density at radius 3 is 2.52 bits per heavy atom. The summed E-state index contributed by atoms with van der Waals surface area (Å²) in [6.45, 7) is 3.05. The van der Waals surface area contributed by atoms with Crippen molar-refractivity contribution in [2.75, 3.05) is 25.1 Å². The molecule has 0 aliphatic heterocycles. The third-order valence-electron chi connectivity index (χ3n) is 3.64. The first-order chi connectivity index (χ1) is 12.8. The molecule has 0 unspecified atom stereocenters. The van der Waals surface area contributed by atoms with Crippen molar-refractivity contribution in [3.8, 4) is 0 Å². The summed E-state index contributed by atoms with van der Waals surface area (Å²) in [6.07, 6.45) is 1.41. The highest BCUT2D eigenvalue weighted by Gasteiger charge is 2.18. The molecule has 2 aromatic carbocycles. The van der Waals surface area contributed by atoms with Crippen LogP contribution in [0.25, 0.3) is 0 Å². The molecular formula is C19H20N2O5S. The predicted octanol–water partition coefficient (Wildman–Crippen LogP) is 1.97. The Morgan fingerprint density at radius 1 is 1.15 bits per heavy atom. The van der Waals surface area contributed by atoms with E-state index >= 15 is 0 Å². The number of anilines is 1. The second-order valence-corrected chi connectivity index (χ2v) is 7.30. The van der Waals surface area contributed by atoms with Crippen LogP contribution in [0.3, 0.4) is 0 Å². The molecule has 2 aromatic rings. The second-order valence-electron chi connectivity index (χ2n) is 5.53. The largest absolute Gasteiger partial charge is 0.452 e. The number of sulfonamides is 1. The maximum atomic E-state index is 12.2. The average molecular weight is 388 g/mol. The number of para-hydroxylation sites is 1. The Labute approximate surface area is 158 Å². The smallest absolute Gasteiger partial charge is 0.338 e. The molecule has 0 spiro atoms. The predicted molar refractivity (Wildman–Crippen MR) is 102 cm³/mol. The van der Waals surface area contributed by atoms with Crippen molar-refractivity contribution >= 4 is 27.6 Å². The number of hydrogen-bond donors (Lipinski definition) is 1. The van der Waals surface area contributed by atoms with Crippen LogP contribution in [0.4, 0.5) is 5.69 Å². The Bertz CT molecular complexity index is 926. The molecule has 1 amide bonds. The minimum atomic E-state index is -3.76. The van der Waals surface area contributed by atoms with E-state index in [1.54, 1.807) is 31.3 Å². The number of likely N-dealkylation sites (N-methyl/N-ethyl adjacent to an activating group) is 1. The summed E-state index contributed by atoms with van der Waals surface area (Å²) in [6, 6.07) is 14.3. The minimum absolute atomic E-state index is 0.0339. The zero-order valence-corrected chi connectivity index (χ0v) is 15.6. The monoisotopic (exact) mass is 388 g/mol. The van der Waals surface area contributed by atoms with Gasteiger partial charge in [-0.1, -0.05) is 30.3 Å². The van der Waals surface area contributed by atoms with Crippen molar-refractivity contribution in [1.29, 1.82) is 0 Å². The van der Waals surface area contributed by atoms with Gasteiger partial charge in [-0.2, -0.15) is 0 Å². The van der Waals surface area contributed by atoms with Crippen molar-refractivity contribution in [1.82, 2.24) is 4.72 Å². The number of esters is 1. The van der Waals surface area contributed by atoms with Crippen LogP contribution in [0.1, 0.15) is 10.4 Å². The van der Waals surface area contributed by atoms with Gasteiger partial charge in [0.2, 0.25) is 10.0 Å². The number of ether oxygens (including phenoxy) is 1. The second kappa shape index (κ2) is 9.11. The van der Waals surface area contributed by atoms with Crippen LogP contribution in [0.15, 0.2) is 72.1 Å². The molecular weight excluding hydrogens is 368 g/mol. The molecule has 27 heavy (non-hydrogen) atoms. The fourth-order valence-electron chi connectivity index (χ4n) is 2.15. The van der Waals surface area contributed by atoms with E-state index in [-0.39, 0.29) is 17.0 Å². The molecule has 0 bridgehead atoms. The van der Waals surface area contributed by atoms with Crippen molar-refractivity contribution in [3.05, 3.63) is 72.8 Å². The molecule has 0 heterocycles. The Morgan fingerprint density at radius 2 is 1.85 bits per heavy atom. The molecule has 2 rings (SSSR count). The van der Waals surface area contributed by atoms with Gasteiger partial charge in [0.25, 0.3) is 5.91 Å². The van der Waals surface area contributed by atoms with Crippen LogP contribution in [-0.2, 0) is 19.6 Å². The Balaban J connectivity index is 2.03. The molecule has 7 nitrogen and oxygen atoms in total. The Hall–Kier alpha value is -2.97. The van der Waals surface area contributed by atoms with Gasteiger partial charge in [0.05, 0.1) is 10.5 Å². The number of carbonyl (C=O) groups excluding carboxylic acids is 2. The van der Waals surface area contributed by atoms with Crippen molar-refractivity contribution in [3.63, 3.8) is 0 Å². The van der Waals surface area contributed by atoms with E-state index in [4.69, 9.17) is 4.74 Å². The Kier molecular flexibility index (Phi) is 6.86. The van der Waals surface area contributed by atoms with Gasteiger partial charge in [0, 0.05) is 19.3 Å². The third kappa shape index (κ3) is 5.50. The number of nitrogens with one attached hydrogen (secondary N) is 1. The lowest BCUT2D eigenvalue weighted by molar-refractivity contribution is -0.121. The lowest BCUT2D eigenvalue weighted by Gasteiger charge is -2.17. The number of nitrogens with zero attached hydrogens (tertiary/aromatic N) is 1. The standard InChI is InChI=1S/C19H20N2O5S/c1-3-12-20-27(24,25)17-11-7-8-15(13-17)19(23)26-14-18(22)21(2)16-9-5-4-6-10-16/h3-11,13,20H,1,12,14H2,2H3. The van der Waals surface area contributed by atoms with Crippen LogP contribution in [0, 0.1) is 0 Å². The first-order valence-corrected chi connectivity index (χ1v) is 9.53. The molecule has 0 fully saturated rings. The first-order valence-electron chi connectivity index (χ1n) is 8.04. The van der Waals surface area contributed by atoms with E-state index in [9.17, 15) is 18.0 Å². The zero-order chi connectivity index (χ0) is 19.9. The minimum Gasteiger partial charge on any atom is -0.452 e. The maximum absolute atomic E-state index is 12.2. The van der Waals surface area contributed by atoms with Crippen molar-refractivity contribution in [2.24, 2.45) is 0 Å². The summed E-state index contributed by atoms with van der Waals surface area (Å²) in [5.74, 6) is -1.20. The zero-order valence-electron chi connectivity index (χ0n) is 14.8. The highest BCUT2D eigenvalue weighted by Crippen LogP contribution is 2.14. The van der Waals surface area contributed by atoms with Crippen molar-refractivity contribution < 1.29 is 22.7 Å². The number of amides is 1. The van der Waals surface area contributed by atoms with Gasteiger partial charge < -0.3 is 9.64 Å². The van der Waals surface area contributed by atoms with E-state index in [0.717, 1.165) is 0 Å². The van der Waals surface area contributed by atoms with Crippen LogP contribution in [0.2, 0.25) is 0 Å². The third-order valence-corrected chi connectivity index (χ3v) is 5.06. The lowest BCUT2D eigenvalue weighted by Crippen LogP contribution is -2.31. The summed E-state index contributed by atoms with van der Waals surface area (Å²) in [7, 11) is -2.19. The molecule has 0 saturated heterocycles. The summed E-state index contributed by atoms with van der Waals surface area (Å²) in [4.78, 5) is 25.6. The molecule has 142 valence electrons. The summed E-state index contributed by atoms with van der Waals surface area (Å²) in [5, 5.41) is 0. The van der Waals surface area contributed by atoms with Gasteiger partial charge in [-0.15, -0.1) is 6.58 Å². The van der Waals surface area contributed by atoms with Gasteiger partial charge >= 0.3 is 5.97 Å². The molecule has 0 aromatic heterocycles. The van der Waals surface area contributed by atoms with Gasteiger partial charge in [-0.3, -0.25) is 4.79 Å². The van der Waals surface area contributed by atoms with E-state index in [2.05, 4.69) is 11.3 Å². The van der Waals surface area contributed by atoms with Gasteiger partial charge in [-0.05, 0) is 30.3 Å². The molecule has 8 heteroatoms. The molecule has 0 radical (unpaired) electrons. The quantitative estimate of drug-likeness (QED) is 0.551. The topological polar surface area (TPSA) is 92.8 Å². The lowest BCUT2D eigenvalue weighted by atomic mass is 10.2. The molecule has 0 aliphatic carbocycles. The van der Waals surface area contributed by atoms with Gasteiger partial charge in [-0.25, -0.2) is 17.9 Å². The first kappa shape index (κ1) is 20.3. The van der Waals surface area contributed by atoms with E-state index < -0.39 is 28.5 Å². The molecule has 1 N–H and O–H groups in total. The summed E-state index contributed by atoms with van der Waals surface area (Å²) in [5.41, 5.74) is 0.701. The summed E-state index contributed by atoms with van der Waals surface area (Å²) >= 11 is 0. The van der Waals surface area contributed by atoms with Crippen LogP contribution in [-0.4, -0.2) is 40.5 Å². The normalized spacial score (nSPS) is 10.9. The number of carbonyl (C=O) groups is 2. The highest BCUT2D eigenvalue weighted by molar-refractivity contribution is 7.89. The molecule has 0 saturated carbocycles. The van der Waals surface area contributed by atoms with Crippen LogP contribution in [0.5, 0.6) is 0 Å². The number of benzene rings is 2. The average Bonchev–Trinajstić information content (AvgIpc) is 2.70. The van der Waals surface area contributed by atoms with E-state index in [1.807, 2.05) is 6.07 Å². The van der Waals surface area contributed by atoms with Gasteiger partial charge in [0.15, 0.2) is 6.61 Å². The van der Waals surface area contributed by atoms with Crippen molar-refractivity contribution in [2.45, 2.75) is 4.90 Å². The summed E-state index contributed by atoms with van der Waals surface area (Å²) < 4.78 is 31.5. The highest BCUT2D eigenvalue weighted by atomic mass is 32.2. The SMILES string of the molecule is C=CCNS(=O)(=O)c1cccc(C(=O)OCC(=O)N(C)c2ccccc2)c1. The maximum Gasteiger partial charge on any atom is 0.338 e. The van der Waals surface area contributed by atoms with Gasteiger partial charge in [0.1, 0.15) is 0 Å². The van der Waals surface area contributed by atoms with E-state index in [0.29, 0.717) is 5.69 Å².